The van der Waals surface area contributed by atoms with Gasteiger partial charge in [0, 0.05) is 50.2 Å². The van der Waals surface area contributed by atoms with Gasteiger partial charge in [0.05, 0.1) is 4.92 Å². The van der Waals surface area contributed by atoms with Crippen LogP contribution >= 0.6 is 15.9 Å². The first-order valence-electron chi connectivity index (χ1n) is 8.46. The number of hydrogen-bond donors (Lipinski definition) is 2. The van der Waals surface area contributed by atoms with E-state index in [-0.39, 0.29) is 22.6 Å². The van der Waals surface area contributed by atoms with Gasteiger partial charge in [-0.3, -0.25) is 14.9 Å². The maximum atomic E-state index is 12.2. The molecule has 27 heavy (non-hydrogen) atoms. The number of benzene rings is 1. The van der Waals surface area contributed by atoms with E-state index in [4.69, 9.17) is 0 Å². The van der Waals surface area contributed by atoms with Crippen LogP contribution in [0.15, 0.2) is 33.8 Å². The lowest BCUT2D eigenvalue weighted by molar-refractivity contribution is -0.384. The Morgan fingerprint density at radius 1 is 1.41 bits per heavy atom. The molecule has 0 unspecified atom stereocenters. The fraction of sp³-hybridized carbons (Fsp3) is 0.412. The summed E-state index contributed by atoms with van der Waals surface area (Å²) < 4.78 is 1.87. The van der Waals surface area contributed by atoms with Crippen LogP contribution in [0.4, 0.5) is 22.9 Å². The van der Waals surface area contributed by atoms with Gasteiger partial charge in [-0.2, -0.15) is 0 Å². The monoisotopic (exact) mass is 436 g/mol. The Bertz CT molecular complexity index is 943. The summed E-state index contributed by atoms with van der Waals surface area (Å²) in [4.78, 5) is 29.7. The van der Waals surface area contributed by atoms with Gasteiger partial charge in [0.15, 0.2) is 5.82 Å². The first-order chi connectivity index (χ1) is 12.7. The molecule has 1 aromatic carbocycles. The molecule has 1 aliphatic heterocycles. The summed E-state index contributed by atoms with van der Waals surface area (Å²) in [6.07, 6.45) is 1.55. The predicted octanol–water partition coefficient (Wildman–Crippen LogP) is 2.38. The van der Waals surface area contributed by atoms with Crippen molar-refractivity contribution in [2.24, 2.45) is 7.05 Å². The molecule has 0 bridgehead atoms. The molecule has 9 nitrogen and oxygen atoms in total. The smallest absolute Gasteiger partial charge is 0.294 e. The van der Waals surface area contributed by atoms with Crippen LogP contribution in [0.1, 0.15) is 13.8 Å². The zero-order valence-electron chi connectivity index (χ0n) is 15.3. The maximum Gasteiger partial charge on any atom is 0.294 e. The molecule has 2 heterocycles. The molecular formula is C17H21BrN6O3. The molecule has 0 saturated carbocycles. The molecule has 1 fully saturated rings. The molecule has 0 radical (unpaired) electrons. The van der Waals surface area contributed by atoms with E-state index >= 15 is 0 Å². The number of nitro groups is 1. The van der Waals surface area contributed by atoms with Gasteiger partial charge in [0.1, 0.15) is 10.3 Å². The Balaban J connectivity index is 2.00. The molecular weight excluding hydrogens is 416 g/mol. The Morgan fingerprint density at radius 3 is 2.81 bits per heavy atom. The lowest BCUT2D eigenvalue weighted by atomic mass is 9.98. The van der Waals surface area contributed by atoms with Crippen LogP contribution in [0, 0.1) is 10.1 Å². The van der Waals surface area contributed by atoms with E-state index in [9.17, 15) is 14.9 Å². The standard InChI is InChI=1S/C17H21BrN6O3/c1-17(2)10-19-6-7-23(17)12-5-4-11(8-13(12)24(26)27)20-15-16(25)22(3)9-14(18)21-15/h4-5,8-9,19H,6-7,10H2,1-3H3,(H,20,21). The number of anilines is 3. The molecule has 2 N–H and O–H groups in total. The second-order valence-electron chi connectivity index (χ2n) is 7.05. The molecule has 1 aromatic heterocycles. The second-order valence-corrected chi connectivity index (χ2v) is 7.87. The minimum Gasteiger partial charge on any atom is -0.358 e. The summed E-state index contributed by atoms with van der Waals surface area (Å²) in [6, 6.07) is 4.88. The molecule has 3 rings (SSSR count). The van der Waals surface area contributed by atoms with E-state index in [1.807, 2.05) is 18.7 Å². The third-order valence-electron chi connectivity index (χ3n) is 4.57. The zero-order valence-corrected chi connectivity index (χ0v) is 16.9. The van der Waals surface area contributed by atoms with Gasteiger partial charge in [0.25, 0.3) is 11.2 Å². The Morgan fingerprint density at radius 2 is 2.15 bits per heavy atom. The topological polar surface area (TPSA) is 105 Å². The van der Waals surface area contributed by atoms with Crippen LogP contribution in [-0.2, 0) is 7.05 Å². The highest BCUT2D eigenvalue weighted by Gasteiger charge is 2.33. The zero-order chi connectivity index (χ0) is 19.8. The van der Waals surface area contributed by atoms with Gasteiger partial charge in [-0.05, 0) is 41.9 Å². The molecule has 2 aromatic rings. The molecule has 0 atom stereocenters. The Kier molecular flexibility index (Phi) is 5.20. The van der Waals surface area contributed by atoms with Crippen molar-refractivity contribution in [3.05, 3.63) is 49.5 Å². The average Bonchev–Trinajstić information content (AvgIpc) is 2.59. The van der Waals surface area contributed by atoms with E-state index in [2.05, 4.69) is 31.5 Å². The molecule has 0 spiro atoms. The van der Waals surface area contributed by atoms with Gasteiger partial charge < -0.3 is 20.1 Å². The summed E-state index contributed by atoms with van der Waals surface area (Å²) >= 11 is 3.24. The van der Waals surface area contributed by atoms with Crippen molar-refractivity contribution in [2.75, 3.05) is 29.9 Å². The van der Waals surface area contributed by atoms with E-state index in [0.717, 1.165) is 13.1 Å². The highest BCUT2D eigenvalue weighted by atomic mass is 79.9. The van der Waals surface area contributed by atoms with Crippen molar-refractivity contribution >= 4 is 38.8 Å². The molecule has 1 aliphatic rings. The molecule has 0 amide bonds. The van der Waals surface area contributed by atoms with Gasteiger partial charge in [0.2, 0.25) is 0 Å². The first-order valence-corrected chi connectivity index (χ1v) is 9.25. The van der Waals surface area contributed by atoms with E-state index < -0.39 is 4.92 Å². The Labute approximate surface area is 164 Å². The van der Waals surface area contributed by atoms with Crippen LogP contribution in [0.3, 0.4) is 0 Å². The molecule has 144 valence electrons. The molecule has 10 heteroatoms. The van der Waals surface area contributed by atoms with Gasteiger partial charge >= 0.3 is 0 Å². The number of halogens is 1. The quantitative estimate of drug-likeness (QED) is 0.559. The van der Waals surface area contributed by atoms with Crippen LogP contribution < -0.4 is 21.1 Å². The summed E-state index contributed by atoms with van der Waals surface area (Å²) in [5.41, 5.74) is 0.405. The summed E-state index contributed by atoms with van der Waals surface area (Å²) in [5.74, 6) is 0.0939. The van der Waals surface area contributed by atoms with Crippen LogP contribution in [0.2, 0.25) is 0 Å². The third kappa shape index (κ3) is 3.96. The number of nitro benzene ring substituents is 1. The average molecular weight is 437 g/mol. The van der Waals surface area contributed by atoms with Crippen molar-refractivity contribution in [1.29, 1.82) is 0 Å². The van der Waals surface area contributed by atoms with Crippen molar-refractivity contribution in [3.8, 4) is 0 Å². The van der Waals surface area contributed by atoms with E-state index in [1.165, 1.54) is 10.6 Å². The predicted molar refractivity (Wildman–Crippen MR) is 108 cm³/mol. The fourth-order valence-electron chi connectivity index (χ4n) is 3.19. The number of nitrogens with zero attached hydrogens (tertiary/aromatic N) is 4. The highest BCUT2D eigenvalue weighted by Crippen LogP contribution is 2.36. The van der Waals surface area contributed by atoms with Crippen LogP contribution in [0.5, 0.6) is 0 Å². The normalized spacial score (nSPS) is 16.2. The minimum absolute atomic E-state index is 0.0122. The van der Waals surface area contributed by atoms with Gasteiger partial charge in [-0.1, -0.05) is 0 Å². The number of aromatic nitrogens is 2. The van der Waals surface area contributed by atoms with Crippen molar-refractivity contribution < 1.29 is 4.92 Å². The van der Waals surface area contributed by atoms with Gasteiger partial charge in [-0.25, -0.2) is 4.98 Å². The van der Waals surface area contributed by atoms with Crippen LogP contribution in [0.25, 0.3) is 0 Å². The summed E-state index contributed by atoms with van der Waals surface area (Å²) in [6.45, 7) is 6.27. The largest absolute Gasteiger partial charge is 0.358 e. The Hall–Kier alpha value is -2.46. The van der Waals surface area contributed by atoms with Gasteiger partial charge in [-0.15, -0.1) is 0 Å². The minimum atomic E-state index is -0.398. The number of piperazine rings is 1. The number of rotatable bonds is 4. The number of aryl methyl sites for hydroxylation is 1. The third-order valence-corrected chi connectivity index (χ3v) is 4.95. The lowest BCUT2D eigenvalue weighted by Gasteiger charge is -2.44. The maximum absolute atomic E-state index is 12.2. The highest BCUT2D eigenvalue weighted by molar-refractivity contribution is 9.10. The van der Waals surface area contributed by atoms with Crippen molar-refractivity contribution in [1.82, 2.24) is 14.9 Å². The second kappa shape index (κ2) is 7.28. The van der Waals surface area contributed by atoms with Crippen LogP contribution in [-0.4, -0.2) is 39.6 Å². The number of nitrogens with one attached hydrogen (secondary N) is 2. The van der Waals surface area contributed by atoms with Crippen molar-refractivity contribution in [3.63, 3.8) is 0 Å². The fourth-order valence-corrected chi connectivity index (χ4v) is 3.68. The van der Waals surface area contributed by atoms with E-state index in [1.54, 1.807) is 25.4 Å². The van der Waals surface area contributed by atoms with E-state index in [0.29, 0.717) is 22.5 Å². The SMILES string of the molecule is Cn1cc(Br)nc(Nc2ccc(N3CCNCC3(C)C)c([N+](=O)[O-])c2)c1=O. The summed E-state index contributed by atoms with van der Waals surface area (Å²) in [7, 11) is 1.61. The molecule has 0 aliphatic carbocycles. The van der Waals surface area contributed by atoms with Crippen molar-refractivity contribution in [2.45, 2.75) is 19.4 Å². The summed E-state index contributed by atoms with van der Waals surface area (Å²) in [5, 5.41) is 17.9. The number of hydrogen-bond acceptors (Lipinski definition) is 7. The first kappa shape index (κ1) is 19.3. The lowest BCUT2D eigenvalue weighted by Crippen LogP contribution is -2.58. The molecule has 1 saturated heterocycles.